The molecule has 0 aliphatic rings. The molecular formula is C15H16N2O3S. The van der Waals surface area contributed by atoms with E-state index >= 15 is 0 Å². The van der Waals surface area contributed by atoms with Crippen molar-refractivity contribution >= 4 is 28.3 Å². The number of amides is 1. The number of hydrogen-bond donors (Lipinski definition) is 2. The normalized spacial score (nSPS) is 11.2. The highest BCUT2D eigenvalue weighted by atomic mass is 32.1. The number of carboxylic acids is 1. The fraction of sp³-hybridized carbons (Fsp3) is 0.267. The molecule has 0 unspecified atom stereocenters. The van der Waals surface area contributed by atoms with Crippen molar-refractivity contribution in [3.63, 3.8) is 0 Å². The van der Waals surface area contributed by atoms with Gasteiger partial charge in [0.15, 0.2) is 5.13 Å². The number of carbonyl (C=O) groups excluding carboxylic acids is 1. The second-order valence-electron chi connectivity index (χ2n) is 5.57. The third-order valence-electron chi connectivity index (χ3n) is 2.77. The number of nitrogens with zero attached hydrogens (tertiary/aromatic N) is 1. The zero-order valence-corrected chi connectivity index (χ0v) is 12.8. The largest absolute Gasteiger partial charge is 0.477 e. The molecule has 6 heteroatoms. The number of benzene rings is 1. The van der Waals surface area contributed by atoms with E-state index in [-0.39, 0.29) is 10.8 Å². The van der Waals surface area contributed by atoms with Crippen molar-refractivity contribution in [2.24, 2.45) is 5.41 Å². The van der Waals surface area contributed by atoms with Crippen molar-refractivity contribution in [2.45, 2.75) is 20.8 Å². The second-order valence-corrected chi connectivity index (χ2v) is 6.57. The van der Waals surface area contributed by atoms with E-state index in [0.29, 0.717) is 16.4 Å². The van der Waals surface area contributed by atoms with Gasteiger partial charge in [0.05, 0.1) is 5.69 Å². The fourth-order valence-corrected chi connectivity index (χ4v) is 2.42. The predicted molar refractivity (Wildman–Crippen MR) is 82.6 cm³/mol. The van der Waals surface area contributed by atoms with Crippen LogP contribution < -0.4 is 5.32 Å². The maximum Gasteiger partial charge on any atom is 0.348 e. The van der Waals surface area contributed by atoms with Gasteiger partial charge in [0, 0.05) is 11.0 Å². The van der Waals surface area contributed by atoms with Crippen molar-refractivity contribution < 1.29 is 14.7 Å². The molecule has 2 rings (SSSR count). The quantitative estimate of drug-likeness (QED) is 0.909. The van der Waals surface area contributed by atoms with Crippen LogP contribution in [0.5, 0.6) is 0 Å². The molecule has 1 amide bonds. The molecule has 0 aliphatic heterocycles. The molecule has 2 N–H and O–H groups in total. The summed E-state index contributed by atoms with van der Waals surface area (Å²) in [4.78, 5) is 27.7. The number of carboxylic acid groups (broad SMARTS) is 1. The van der Waals surface area contributed by atoms with Crippen LogP contribution in [-0.2, 0) is 4.79 Å². The van der Waals surface area contributed by atoms with Gasteiger partial charge in [0.2, 0.25) is 5.91 Å². The summed E-state index contributed by atoms with van der Waals surface area (Å²) in [5, 5.41) is 12.3. The number of hydrogen-bond acceptors (Lipinski definition) is 4. The van der Waals surface area contributed by atoms with Gasteiger partial charge in [-0.25, -0.2) is 9.78 Å². The van der Waals surface area contributed by atoms with Crippen LogP contribution in [0.3, 0.4) is 0 Å². The Labute approximate surface area is 126 Å². The summed E-state index contributed by atoms with van der Waals surface area (Å²) in [5.74, 6) is -1.25. The van der Waals surface area contributed by atoms with Crippen molar-refractivity contribution in [3.8, 4) is 11.3 Å². The highest BCUT2D eigenvalue weighted by Crippen LogP contribution is 2.31. The van der Waals surface area contributed by atoms with Crippen LogP contribution >= 0.6 is 11.3 Å². The van der Waals surface area contributed by atoms with E-state index in [9.17, 15) is 14.7 Å². The Hall–Kier alpha value is -2.21. The molecule has 0 spiro atoms. The Balaban J connectivity index is 2.39. The molecule has 110 valence electrons. The third kappa shape index (κ3) is 3.46. The molecule has 21 heavy (non-hydrogen) atoms. The van der Waals surface area contributed by atoms with Crippen LogP contribution in [-0.4, -0.2) is 22.0 Å². The van der Waals surface area contributed by atoms with E-state index in [1.165, 1.54) is 0 Å². The van der Waals surface area contributed by atoms with Crippen LogP contribution in [0, 0.1) is 5.41 Å². The Morgan fingerprint density at radius 3 is 2.33 bits per heavy atom. The Morgan fingerprint density at radius 2 is 1.81 bits per heavy atom. The van der Waals surface area contributed by atoms with Crippen molar-refractivity contribution in [3.05, 3.63) is 35.2 Å². The summed E-state index contributed by atoms with van der Waals surface area (Å²) in [6.07, 6.45) is 0. The molecule has 0 bridgehead atoms. The lowest BCUT2D eigenvalue weighted by molar-refractivity contribution is -0.123. The van der Waals surface area contributed by atoms with E-state index in [1.807, 2.05) is 18.2 Å². The lowest BCUT2D eigenvalue weighted by Crippen LogP contribution is -2.27. The highest BCUT2D eigenvalue weighted by molar-refractivity contribution is 7.18. The van der Waals surface area contributed by atoms with Gasteiger partial charge >= 0.3 is 5.97 Å². The number of aromatic carboxylic acids is 1. The molecule has 5 nitrogen and oxygen atoms in total. The lowest BCUT2D eigenvalue weighted by atomic mass is 9.96. The minimum Gasteiger partial charge on any atom is -0.477 e. The molecule has 1 aromatic heterocycles. The number of anilines is 1. The van der Waals surface area contributed by atoms with Crippen LogP contribution in [0.15, 0.2) is 30.3 Å². The first kappa shape index (κ1) is 15.2. The minimum atomic E-state index is -1.05. The van der Waals surface area contributed by atoms with Gasteiger partial charge in [-0.1, -0.05) is 62.4 Å². The topological polar surface area (TPSA) is 79.3 Å². The summed E-state index contributed by atoms with van der Waals surface area (Å²) in [7, 11) is 0. The molecule has 1 aromatic carbocycles. The number of thiazole rings is 1. The summed E-state index contributed by atoms with van der Waals surface area (Å²) in [6.45, 7) is 5.35. The highest BCUT2D eigenvalue weighted by Gasteiger charge is 2.24. The second kappa shape index (κ2) is 5.65. The van der Waals surface area contributed by atoms with Crippen molar-refractivity contribution in [1.29, 1.82) is 0 Å². The first-order valence-electron chi connectivity index (χ1n) is 6.40. The lowest BCUT2D eigenvalue weighted by Gasteiger charge is -2.15. The molecule has 1 heterocycles. The van der Waals surface area contributed by atoms with Gasteiger partial charge in [-0.3, -0.25) is 4.79 Å². The maximum absolute atomic E-state index is 12.0. The minimum absolute atomic E-state index is 0.116. The smallest absolute Gasteiger partial charge is 0.348 e. The van der Waals surface area contributed by atoms with Crippen molar-refractivity contribution in [1.82, 2.24) is 4.98 Å². The summed E-state index contributed by atoms with van der Waals surface area (Å²) >= 11 is 0.964. The molecule has 0 saturated heterocycles. The summed E-state index contributed by atoms with van der Waals surface area (Å²) in [5.41, 5.74) is 0.516. The zero-order chi connectivity index (χ0) is 15.6. The first-order valence-corrected chi connectivity index (χ1v) is 7.21. The Bertz CT molecular complexity index is 672. The van der Waals surface area contributed by atoms with Crippen LogP contribution in [0.4, 0.5) is 5.13 Å². The van der Waals surface area contributed by atoms with Gasteiger partial charge in [-0.2, -0.15) is 0 Å². The Kier molecular flexibility index (Phi) is 4.09. The first-order chi connectivity index (χ1) is 9.79. The molecule has 0 radical (unpaired) electrons. The molecular weight excluding hydrogens is 288 g/mol. The van der Waals surface area contributed by atoms with Gasteiger partial charge in [0.1, 0.15) is 4.88 Å². The summed E-state index contributed by atoms with van der Waals surface area (Å²) in [6, 6.07) is 9.05. The molecule has 2 aromatic rings. The standard InChI is InChI=1S/C15H16N2O3S/c1-15(2,3)13(20)17-14-16-10(11(21-14)12(18)19)9-7-5-4-6-8-9/h4-8H,1-3H3,(H,18,19)(H,16,17,20). The Morgan fingerprint density at radius 1 is 1.19 bits per heavy atom. The van der Waals surface area contributed by atoms with Gasteiger partial charge in [0.25, 0.3) is 0 Å². The average molecular weight is 304 g/mol. The fourth-order valence-electron chi connectivity index (χ4n) is 1.59. The summed E-state index contributed by atoms with van der Waals surface area (Å²) < 4.78 is 0. The number of rotatable bonds is 3. The monoisotopic (exact) mass is 304 g/mol. The van der Waals surface area contributed by atoms with E-state index in [2.05, 4.69) is 10.3 Å². The number of carbonyl (C=O) groups is 2. The van der Waals surface area contributed by atoms with Gasteiger partial charge in [-0.05, 0) is 0 Å². The SMILES string of the molecule is CC(C)(C)C(=O)Nc1nc(-c2ccccc2)c(C(=O)O)s1. The number of nitrogens with one attached hydrogen (secondary N) is 1. The van der Waals surface area contributed by atoms with E-state index in [0.717, 1.165) is 11.3 Å². The van der Waals surface area contributed by atoms with Crippen LogP contribution in [0.1, 0.15) is 30.4 Å². The van der Waals surface area contributed by atoms with E-state index < -0.39 is 11.4 Å². The molecule has 0 fully saturated rings. The van der Waals surface area contributed by atoms with Crippen LogP contribution in [0.2, 0.25) is 0 Å². The van der Waals surface area contributed by atoms with E-state index in [4.69, 9.17) is 0 Å². The van der Waals surface area contributed by atoms with Gasteiger partial charge < -0.3 is 10.4 Å². The average Bonchev–Trinajstić information content (AvgIpc) is 2.83. The zero-order valence-electron chi connectivity index (χ0n) is 12.0. The van der Waals surface area contributed by atoms with E-state index in [1.54, 1.807) is 32.9 Å². The predicted octanol–water partition coefficient (Wildman–Crippen LogP) is 3.49. The molecule has 0 atom stereocenters. The van der Waals surface area contributed by atoms with Crippen molar-refractivity contribution in [2.75, 3.05) is 5.32 Å². The van der Waals surface area contributed by atoms with Gasteiger partial charge in [-0.15, -0.1) is 0 Å². The molecule has 0 saturated carbocycles. The third-order valence-corrected chi connectivity index (χ3v) is 3.73. The number of aromatic nitrogens is 1. The van der Waals surface area contributed by atoms with Crippen LogP contribution in [0.25, 0.3) is 11.3 Å². The maximum atomic E-state index is 12.0. The molecule has 0 aliphatic carbocycles.